The predicted molar refractivity (Wildman–Crippen MR) is 104 cm³/mol. The molecule has 4 heterocycles. The Hall–Kier alpha value is -2.19. The molecular weight excluding hydrogens is 376 g/mol. The summed E-state index contributed by atoms with van der Waals surface area (Å²) in [6, 6.07) is 2.41. The van der Waals surface area contributed by atoms with E-state index in [4.69, 9.17) is 4.74 Å². The molecule has 2 aromatic heterocycles. The summed E-state index contributed by atoms with van der Waals surface area (Å²) in [6.45, 7) is 1.94. The molecule has 148 valence electrons. The van der Waals surface area contributed by atoms with Crippen LogP contribution in [-0.2, 0) is 23.8 Å². The summed E-state index contributed by atoms with van der Waals surface area (Å²) in [6.07, 6.45) is 7.93. The highest BCUT2D eigenvalue weighted by Gasteiger charge is 2.44. The van der Waals surface area contributed by atoms with Crippen LogP contribution in [0.15, 0.2) is 18.6 Å². The lowest BCUT2D eigenvalue weighted by atomic mass is 9.85. The van der Waals surface area contributed by atoms with E-state index < -0.39 is 0 Å². The first-order chi connectivity index (χ1) is 13.5. The van der Waals surface area contributed by atoms with Gasteiger partial charge < -0.3 is 19.5 Å². The number of imidazole rings is 1. The molecule has 2 aromatic rings. The van der Waals surface area contributed by atoms with E-state index in [1.165, 1.54) is 10.4 Å². The van der Waals surface area contributed by atoms with Gasteiger partial charge in [0, 0.05) is 37.3 Å². The van der Waals surface area contributed by atoms with Crippen LogP contribution in [0.1, 0.15) is 56.3 Å². The summed E-state index contributed by atoms with van der Waals surface area (Å²) >= 11 is 1.57. The summed E-state index contributed by atoms with van der Waals surface area (Å²) < 4.78 is 8.07. The Morgan fingerprint density at radius 3 is 2.79 bits per heavy atom. The van der Waals surface area contributed by atoms with E-state index in [2.05, 4.69) is 10.3 Å². The van der Waals surface area contributed by atoms with Gasteiger partial charge in [0.2, 0.25) is 0 Å². The fourth-order valence-electron chi connectivity index (χ4n) is 4.15. The molecule has 2 fully saturated rings. The molecule has 0 radical (unpaired) electrons. The summed E-state index contributed by atoms with van der Waals surface area (Å²) in [4.78, 5) is 33.2. The van der Waals surface area contributed by atoms with E-state index in [1.807, 2.05) is 18.0 Å². The number of carbonyl (C=O) groups is 2. The molecule has 1 spiro atoms. The number of hydrogen-bond acceptors (Lipinski definition) is 5. The van der Waals surface area contributed by atoms with Crippen molar-refractivity contribution in [2.45, 2.75) is 43.7 Å². The number of carbonyl (C=O) groups excluding carboxylic acids is 2. The van der Waals surface area contributed by atoms with Crippen LogP contribution in [0.2, 0.25) is 0 Å². The number of aromatic nitrogens is 2. The van der Waals surface area contributed by atoms with Crippen LogP contribution in [0.3, 0.4) is 0 Å². The molecule has 0 bridgehead atoms. The third-order valence-electron chi connectivity index (χ3n) is 5.89. The average molecular weight is 401 g/mol. The zero-order chi connectivity index (χ0) is 19.3. The molecule has 7 nitrogen and oxygen atoms in total. The second kappa shape index (κ2) is 6.70. The molecule has 0 aromatic carbocycles. The molecule has 28 heavy (non-hydrogen) atoms. The molecule has 8 heteroatoms. The highest BCUT2D eigenvalue weighted by atomic mass is 32.1. The van der Waals surface area contributed by atoms with Crippen molar-refractivity contribution in [1.82, 2.24) is 19.8 Å². The number of nitrogens with one attached hydrogen (secondary N) is 1. The highest BCUT2D eigenvalue weighted by molar-refractivity contribution is 7.14. The van der Waals surface area contributed by atoms with E-state index in [0.717, 1.165) is 37.0 Å². The maximum Gasteiger partial charge on any atom is 0.274 e. The first kappa shape index (κ1) is 17.9. The number of fused-ring (bicyclic) bond motifs is 2. The Kier molecular flexibility index (Phi) is 4.28. The number of likely N-dealkylation sites (tertiary alicyclic amines) is 1. The monoisotopic (exact) mass is 400 g/mol. The van der Waals surface area contributed by atoms with Gasteiger partial charge in [0.1, 0.15) is 11.3 Å². The minimum absolute atomic E-state index is 0.0258. The number of hydrogen-bond donors (Lipinski definition) is 1. The van der Waals surface area contributed by atoms with Crippen molar-refractivity contribution >= 4 is 23.2 Å². The number of rotatable bonds is 3. The summed E-state index contributed by atoms with van der Waals surface area (Å²) in [5, 5.41) is 3.08. The van der Waals surface area contributed by atoms with Crippen LogP contribution in [0, 0.1) is 0 Å². The molecule has 1 saturated carbocycles. The molecule has 1 saturated heterocycles. The minimum Gasteiger partial charge on any atom is -0.369 e. The van der Waals surface area contributed by atoms with Gasteiger partial charge in [-0.05, 0) is 43.7 Å². The van der Waals surface area contributed by atoms with Crippen molar-refractivity contribution in [2.75, 3.05) is 19.7 Å². The maximum atomic E-state index is 12.7. The Balaban J connectivity index is 1.33. The quantitative estimate of drug-likeness (QED) is 0.856. The maximum absolute atomic E-state index is 12.7. The summed E-state index contributed by atoms with van der Waals surface area (Å²) in [5.41, 5.74) is 1.36. The van der Waals surface area contributed by atoms with Crippen molar-refractivity contribution in [3.63, 3.8) is 0 Å². The lowest BCUT2D eigenvalue weighted by molar-refractivity contribution is -0.0906. The van der Waals surface area contributed by atoms with Gasteiger partial charge in [0.15, 0.2) is 0 Å². The minimum atomic E-state index is -0.364. The summed E-state index contributed by atoms with van der Waals surface area (Å²) in [7, 11) is 1.86. The number of piperidine rings is 1. The highest BCUT2D eigenvalue weighted by Crippen LogP contribution is 2.45. The van der Waals surface area contributed by atoms with Crippen LogP contribution in [0.25, 0.3) is 0 Å². The Labute approximate surface area is 167 Å². The molecule has 1 N–H and O–H groups in total. The van der Waals surface area contributed by atoms with Gasteiger partial charge in [0.05, 0.1) is 17.8 Å². The topological polar surface area (TPSA) is 76.5 Å². The first-order valence-electron chi connectivity index (χ1n) is 9.89. The fraction of sp³-hybridized carbons (Fsp3) is 0.550. The van der Waals surface area contributed by atoms with Crippen molar-refractivity contribution in [3.8, 4) is 0 Å². The summed E-state index contributed by atoms with van der Waals surface area (Å²) in [5.74, 6) is 0.0157. The van der Waals surface area contributed by atoms with Gasteiger partial charge in [-0.2, -0.15) is 0 Å². The van der Waals surface area contributed by atoms with Gasteiger partial charge in [-0.25, -0.2) is 4.98 Å². The predicted octanol–water partition coefficient (Wildman–Crippen LogP) is 2.08. The number of ether oxygens (including phenoxy) is 1. The van der Waals surface area contributed by atoms with Crippen molar-refractivity contribution in [1.29, 1.82) is 0 Å². The third-order valence-corrected chi connectivity index (χ3v) is 7.25. The van der Waals surface area contributed by atoms with Crippen LogP contribution >= 0.6 is 11.3 Å². The van der Waals surface area contributed by atoms with E-state index in [-0.39, 0.29) is 17.4 Å². The van der Waals surface area contributed by atoms with E-state index in [1.54, 1.807) is 28.4 Å². The van der Waals surface area contributed by atoms with Crippen molar-refractivity contribution < 1.29 is 14.3 Å². The Bertz CT molecular complexity index is 922. The average Bonchev–Trinajstić information content (AvgIpc) is 3.21. The van der Waals surface area contributed by atoms with Crippen molar-refractivity contribution in [3.05, 3.63) is 39.6 Å². The standard InChI is InChI=1S/C20H24N4O3S/c1-23-11-15(21-12-23)19(26)24-7-5-20(6-8-24)17-13(4-9-27-20)10-16(28-17)18(25)22-14-2-3-14/h10-12,14H,2-9H2,1H3,(H,22,25). The van der Waals surface area contributed by atoms with E-state index >= 15 is 0 Å². The van der Waals surface area contributed by atoms with E-state index in [0.29, 0.717) is 31.4 Å². The van der Waals surface area contributed by atoms with Gasteiger partial charge in [0.25, 0.3) is 11.8 Å². The SMILES string of the molecule is Cn1cnc(C(=O)N2CCC3(CC2)OCCc2cc(C(=O)NC4CC4)sc23)c1. The van der Waals surface area contributed by atoms with Crippen LogP contribution in [0.5, 0.6) is 0 Å². The largest absolute Gasteiger partial charge is 0.369 e. The lowest BCUT2D eigenvalue weighted by Gasteiger charge is -2.43. The number of nitrogens with zero attached hydrogens (tertiary/aromatic N) is 3. The van der Waals surface area contributed by atoms with Gasteiger partial charge in [-0.15, -0.1) is 11.3 Å². The molecule has 0 atom stereocenters. The molecule has 1 aliphatic carbocycles. The zero-order valence-corrected chi connectivity index (χ0v) is 16.8. The Morgan fingerprint density at radius 2 is 2.11 bits per heavy atom. The van der Waals surface area contributed by atoms with Gasteiger partial charge in [-0.1, -0.05) is 0 Å². The molecule has 2 amide bonds. The van der Waals surface area contributed by atoms with Gasteiger partial charge >= 0.3 is 0 Å². The number of aryl methyl sites for hydroxylation is 1. The number of thiophene rings is 1. The second-order valence-corrected chi connectivity index (χ2v) is 9.07. The zero-order valence-electron chi connectivity index (χ0n) is 15.9. The first-order valence-corrected chi connectivity index (χ1v) is 10.7. The molecule has 5 rings (SSSR count). The fourth-order valence-corrected chi connectivity index (χ4v) is 5.46. The van der Waals surface area contributed by atoms with Crippen LogP contribution in [0.4, 0.5) is 0 Å². The lowest BCUT2D eigenvalue weighted by Crippen LogP contribution is -2.48. The Morgan fingerprint density at radius 1 is 1.32 bits per heavy atom. The molecule has 3 aliphatic rings. The van der Waals surface area contributed by atoms with Crippen LogP contribution in [-0.4, -0.2) is 52.0 Å². The van der Waals surface area contributed by atoms with Crippen LogP contribution < -0.4 is 5.32 Å². The van der Waals surface area contributed by atoms with E-state index in [9.17, 15) is 9.59 Å². The second-order valence-electron chi connectivity index (χ2n) is 8.02. The molecule has 2 aliphatic heterocycles. The smallest absolute Gasteiger partial charge is 0.274 e. The third kappa shape index (κ3) is 3.14. The number of amides is 2. The normalized spacial score (nSPS) is 20.8. The van der Waals surface area contributed by atoms with Crippen molar-refractivity contribution in [2.24, 2.45) is 7.05 Å². The molecular formula is C20H24N4O3S. The van der Waals surface area contributed by atoms with Gasteiger partial charge in [-0.3, -0.25) is 9.59 Å². The molecule has 0 unspecified atom stereocenters.